The van der Waals surface area contributed by atoms with Gasteiger partial charge < -0.3 is 9.80 Å². The zero-order valence-electron chi connectivity index (χ0n) is 15.5. The molecule has 7 heteroatoms. The minimum absolute atomic E-state index is 0.00714. The Balaban J connectivity index is 1.56. The number of benzene rings is 2. The Kier molecular flexibility index (Phi) is 6.01. The first kappa shape index (κ1) is 19.2. The summed E-state index contributed by atoms with van der Waals surface area (Å²) >= 11 is 0. The highest BCUT2D eigenvalue weighted by Crippen LogP contribution is 2.19. The normalized spacial score (nSPS) is 14.9. The Hall–Kier alpha value is -2.54. The fourth-order valence-electron chi connectivity index (χ4n) is 3.29. The van der Waals surface area contributed by atoms with Crippen LogP contribution in [0.5, 0.6) is 0 Å². The van der Waals surface area contributed by atoms with E-state index in [1.807, 2.05) is 29.2 Å². The van der Waals surface area contributed by atoms with Gasteiger partial charge in [0.1, 0.15) is 0 Å². The zero-order valence-corrected chi connectivity index (χ0v) is 16.3. The number of amides is 1. The molecule has 0 bridgehead atoms. The van der Waals surface area contributed by atoms with Gasteiger partial charge in [-0.15, -0.1) is 0 Å². The van der Waals surface area contributed by atoms with E-state index in [0.717, 1.165) is 18.8 Å². The second-order valence-electron chi connectivity index (χ2n) is 6.62. The number of carbonyl (C=O) groups excluding carboxylic acids is 1. The summed E-state index contributed by atoms with van der Waals surface area (Å²) in [5.41, 5.74) is 1.75. The predicted octanol–water partition coefficient (Wildman–Crippen LogP) is 2.19. The van der Waals surface area contributed by atoms with E-state index in [0.29, 0.717) is 18.8 Å². The minimum atomic E-state index is -3.43. The molecule has 0 aliphatic carbocycles. The van der Waals surface area contributed by atoms with Crippen molar-refractivity contribution < 1.29 is 13.2 Å². The number of hydrogen-bond acceptors (Lipinski definition) is 4. The number of para-hydroxylation sites is 2. The van der Waals surface area contributed by atoms with E-state index in [-0.39, 0.29) is 18.9 Å². The molecular formula is C20H25N3O3S. The first-order valence-corrected chi connectivity index (χ1v) is 10.9. The van der Waals surface area contributed by atoms with Crippen molar-refractivity contribution in [3.8, 4) is 0 Å². The van der Waals surface area contributed by atoms with Crippen LogP contribution in [-0.2, 0) is 14.8 Å². The topological polar surface area (TPSA) is 60.9 Å². The molecule has 0 saturated carbocycles. The van der Waals surface area contributed by atoms with Crippen LogP contribution in [-0.4, -0.2) is 58.2 Å². The predicted molar refractivity (Wildman–Crippen MR) is 108 cm³/mol. The molecule has 27 heavy (non-hydrogen) atoms. The Morgan fingerprint density at radius 3 is 2.04 bits per heavy atom. The molecule has 0 spiro atoms. The third-order valence-corrected chi connectivity index (χ3v) is 5.92. The highest BCUT2D eigenvalue weighted by Gasteiger charge is 2.23. The van der Waals surface area contributed by atoms with Gasteiger partial charge in [0.2, 0.25) is 15.9 Å². The molecule has 144 valence electrons. The van der Waals surface area contributed by atoms with Crippen LogP contribution in [0.25, 0.3) is 0 Å². The summed E-state index contributed by atoms with van der Waals surface area (Å²) in [4.78, 5) is 16.7. The van der Waals surface area contributed by atoms with Gasteiger partial charge in [0.25, 0.3) is 0 Å². The van der Waals surface area contributed by atoms with Gasteiger partial charge in [-0.25, -0.2) is 8.42 Å². The van der Waals surface area contributed by atoms with E-state index in [1.54, 1.807) is 24.3 Å². The maximum absolute atomic E-state index is 12.6. The van der Waals surface area contributed by atoms with Gasteiger partial charge in [0.05, 0.1) is 11.9 Å². The number of sulfonamides is 1. The zero-order chi connectivity index (χ0) is 19.3. The first-order valence-electron chi connectivity index (χ1n) is 9.06. The lowest BCUT2D eigenvalue weighted by Gasteiger charge is -2.36. The third-order valence-electron chi connectivity index (χ3n) is 4.73. The van der Waals surface area contributed by atoms with Crippen molar-refractivity contribution in [2.24, 2.45) is 0 Å². The average molecular weight is 388 g/mol. The highest BCUT2D eigenvalue weighted by atomic mass is 32.2. The molecule has 3 rings (SSSR count). The molecule has 1 aliphatic heterocycles. The van der Waals surface area contributed by atoms with E-state index in [9.17, 15) is 13.2 Å². The van der Waals surface area contributed by atoms with Crippen molar-refractivity contribution >= 4 is 27.3 Å². The Bertz CT molecular complexity index is 849. The van der Waals surface area contributed by atoms with Gasteiger partial charge in [-0.1, -0.05) is 36.4 Å². The van der Waals surface area contributed by atoms with Crippen LogP contribution in [0.4, 0.5) is 11.4 Å². The summed E-state index contributed by atoms with van der Waals surface area (Å²) in [6.45, 7) is 3.02. The number of piperazine rings is 1. The lowest BCUT2D eigenvalue weighted by Crippen LogP contribution is -2.49. The summed E-state index contributed by atoms with van der Waals surface area (Å²) in [7, 11) is -3.43. The first-order chi connectivity index (χ1) is 12.9. The van der Waals surface area contributed by atoms with Crippen molar-refractivity contribution in [3.63, 3.8) is 0 Å². The second kappa shape index (κ2) is 8.43. The maximum Gasteiger partial charge on any atom is 0.232 e. The number of carbonyl (C=O) groups is 1. The van der Waals surface area contributed by atoms with E-state index in [4.69, 9.17) is 0 Å². The molecule has 1 saturated heterocycles. The lowest BCUT2D eigenvalue weighted by molar-refractivity contribution is -0.131. The average Bonchev–Trinajstić information content (AvgIpc) is 2.68. The van der Waals surface area contributed by atoms with Gasteiger partial charge in [-0.2, -0.15) is 0 Å². The van der Waals surface area contributed by atoms with E-state index in [1.165, 1.54) is 10.6 Å². The van der Waals surface area contributed by atoms with Crippen LogP contribution in [0.3, 0.4) is 0 Å². The molecular weight excluding hydrogens is 362 g/mol. The molecule has 0 N–H and O–H groups in total. The summed E-state index contributed by atoms with van der Waals surface area (Å²) in [6.07, 6.45) is 1.34. The van der Waals surface area contributed by atoms with Gasteiger partial charge in [-0.3, -0.25) is 9.10 Å². The molecule has 0 atom stereocenters. The highest BCUT2D eigenvalue weighted by molar-refractivity contribution is 7.92. The Labute approximate surface area is 161 Å². The van der Waals surface area contributed by atoms with Crippen LogP contribution >= 0.6 is 0 Å². The SMILES string of the molecule is CS(=O)(=O)N(CCC(=O)N1CCN(c2ccccc2)CC1)c1ccccc1. The van der Waals surface area contributed by atoms with Crippen LogP contribution in [0.15, 0.2) is 60.7 Å². The van der Waals surface area contributed by atoms with Crippen LogP contribution in [0.1, 0.15) is 6.42 Å². The largest absolute Gasteiger partial charge is 0.368 e. The number of anilines is 2. The quantitative estimate of drug-likeness (QED) is 0.762. The molecule has 2 aromatic rings. The molecule has 1 aliphatic rings. The summed E-state index contributed by atoms with van der Waals surface area (Å²) in [5, 5.41) is 0. The monoisotopic (exact) mass is 387 g/mol. The molecule has 0 radical (unpaired) electrons. The van der Waals surface area contributed by atoms with Crippen molar-refractivity contribution in [1.29, 1.82) is 0 Å². The molecule has 1 amide bonds. The molecule has 0 unspecified atom stereocenters. The Morgan fingerprint density at radius 2 is 1.48 bits per heavy atom. The molecule has 6 nitrogen and oxygen atoms in total. The van der Waals surface area contributed by atoms with Crippen molar-refractivity contribution in [2.45, 2.75) is 6.42 Å². The number of nitrogens with zero attached hydrogens (tertiary/aromatic N) is 3. The van der Waals surface area contributed by atoms with Gasteiger partial charge in [-0.05, 0) is 24.3 Å². The van der Waals surface area contributed by atoms with Crippen molar-refractivity contribution in [2.75, 3.05) is 48.2 Å². The molecule has 0 aromatic heterocycles. The second-order valence-corrected chi connectivity index (χ2v) is 8.53. The van der Waals surface area contributed by atoms with Crippen LogP contribution < -0.4 is 9.21 Å². The smallest absolute Gasteiger partial charge is 0.232 e. The molecule has 1 fully saturated rings. The Morgan fingerprint density at radius 1 is 0.926 bits per heavy atom. The maximum atomic E-state index is 12.6. The van der Waals surface area contributed by atoms with Crippen molar-refractivity contribution in [1.82, 2.24) is 4.90 Å². The van der Waals surface area contributed by atoms with E-state index in [2.05, 4.69) is 17.0 Å². The summed E-state index contributed by atoms with van der Waals surface area (Å²) < 4.78 is 25.5. The number of hydrogen-bond donors (Lipinski definition) is 0. The molecule has 1 heterocycles. The van der Waals surface area contributed by atoms with E-state index < -0.39 is 10.0 Å². The van der Waals surface area contributed by atoms with Gasteiger partial charge >= 0.3 is 0 Å². The summed E-state index contributed by atoms with van der Waals surface area (Å²) in [5.74, 6) is -0.00714. The fraction of sp³-hybridized carbons (Fsp3) is 0.350. The minimum Gasteiger partial charge on any atom is -0.368 e. The van der Waals surface area contributed by atoms with Crippen LogP contribution in [0, 0.1) is 0 Å². The third kappa shape index (κ3) is 5.01. The van der Waals surface area contributed by atoms with Crippen molar-refractivity contribution in [3.05, 3.63) is 60.7 Å². The molecule has 2 aromatic carbocycles. The fourth-order valence-corrected chi connectivity index (χ4v) is 4.22. The van der Waals surface area contributed by atoms with E-state index >= 15 is 0 Å². The van der Waals surface area contributed by atoms with Gasteiger partial charge in [0, 0.05) is 44.8 Å². The van der Waals surface area contributed by atoms with Crippen LogP contribution in [0.2, 0.25) is 0 Å². The number of rotatable bonds is 6. The lowest BCUT2D eigenvalue weighted by atomic mass is 10.2. The summed E-state index contributed by atoms with van der Waals surface area (Å²) in [6, 6.07) is 19.0. The van der Waals surface area contributed by atoms with Gasteiger partial charge in [0.15, 0.2) is 0 Å². The standard InChI is InChI=1S/C20H25N3O3S/c1-27(25,26)23(19-10-6-3-7-11-19)13-12-20(24)22-16-14-21(15-17-22)18-8-4-2-5-9-18/h2-11H,12-17H2,1H3.